The van der Waals surface area contributed by atoms with Crippen molar-refractivity contribution >= 4 is 23.0 Å². The summed E-state index contributed by atoms with van der Waals surface area (Å²) in [5.41, 5.74) is -1.47. The average molecular weight is 417 g/mol. The molecule has 0 radical (unpaired) electrons. The highest BCUT2D eigenvalue weighted by Crippen LogP contribution is 2.47. The zero-order valence-corrected chi connectivity index (χ0v) is 12.2. The van der Waals surface area contributed by atoms with Gasteiger partial charge in [-0.1, -0.05) is 0 Å². The van der Waals surface area contributed by atoms with Gasteiger partial charge in [-0.3, -0.25) is 14.9 Å². The molecule has 0 saturated heterocycles. The molecule has 1 amide bonds. The zero-order chi connectivity index (χ0) is 21.6. The highest BCUT2D eigenvalue weighted by atomic mass is 19.4. The van der Waals surface area contributed by atoms with Crippen LogP contribution in [0.3, 0.4) is 0 Å². The molecule has 0 spiro atoms. The van der Waals surface area contributed by atoms with Crippen molar-refractivity contribution in [3.8, 4) is 0 Å². The van der Waals surface area contributed by atoms with Gasteiger partial charge >= 0.3 is 30.1 Å². The van der Waals surface area contributed by atoms with Crippen molar-refractivity contribution in [2.24, 2.45) is 0 Å². The Kier molecular flexibility index (Phi) is 5.28. The van der Waals surface area contributed by atoms with Gasteiger partial charge in [0.2, 0.25) is 0 Å². The first kappa shape index (κ1) is 22.2. The molecular weight excluding hydrogens is 412 g/mol. The summed E-state index contributed by atoms with van der Waals surface area (Å²) in [6, 6.07) is -0.407. The van der Waals surface area contributed by atoms with E-state index in [1.54, 1.807) is 0 Å². The summed E-state index contributed by atoms with van der Waals surface area (Å²) >= 11 is 0. The summed E-state index contributed by atoms with van der Waals surface area (Å²) in [4.78, 5) is 20.3. The topological polar surface area (TPSA) is 98.3 Å². The molecule has 0 aromatic heterocycles. The Balaban J connectivity index is 3.46. The van der Waals surface area contributed by atoms with E-state index in [9.17, 15) is 58.8 Å². The molecule has 0 saturated carbocycles. The Hall–Kier alpha value is -2.81. The van der Waals surface area contributed by atoms with Gasteiger partial charge in [0, 0.05) is 6.07 Å². The SMILES string of the molecule is Nc1c(NC(=O)C(F)(F)C(F)(F)C(F)(F)F)cc(C(F)(F)F)cc1[N+](=O)[O-]. The highest BCUT2D eigenvalue weighted by molar-refractivity contribution is 6.00. The Labute approximate surface area is 141 Å². The molecular formula is C11H5F10N3O3. The predicted octanol–water partition coefficient (Wildman–Crippen LogP) is 3.97. The van der Waals surface area contributed by atoms with Gasteiger partial charge in [-0.25, -0.2) is 0 Å². The van der Waals surface area contributed by atoms with Crippen LogP contribution in [-0.4, -0.2) is 28.9 Å². The zero-order valence-electron chi connectivity index (χ0n) is 12.2. The fourth-order valence-corrected chi connectivity index (χ4v) is 1.58. The number of carbonyl (C=O) groups excluding carboxylic acids is 1. The lowest BCUT2D eigenvalue weighted by Crippen LogP contribution is -2.57. The van der Waals surface area contributed by atoms with Crippen LogP contribution in [0.1, 0.15) is 5.56 Å². The van der Waals surface area contributed by atoms with E-state index in [0.29, 0.717) is 5.32 Å². The Morgan fingerprint density at radius 2 is 1.48 bits per heavy atom. The molecule has 6 nitrogen and oxygen atoms in total. The standard InChI is InChI=1S/C11H5F10N3O3/c12-8(13,10(17,18)11(19,20)21)7(25)23-4-1-3(9(14,15)16)2-5(6(4)22)24(26)27/h1-2H,22H2,(H,23,25). The number of nitrogens with one attached hydrogen (secondary N) is 1. The molecule has 1 rings (SSSR count). The summed E-state index contributed by atoms with van der Waals surface area (Å²) in [7, 11) is 0. The number of nitro groups is 1. The molecule has 0 atom stereocenters. The first-order valence-electron chi connectivity index (χ1n) is 6.13. The molecule has 152 valence electrons. The lowest BCUT2D eigenvalue weighted by Gasteiger charge is -2.27. The first-order valence-corrected chi connectivity index (χ1v) is 6.13. The molecule has 16 heteroatoms. The molecule has 1 aromatic carbocycles. The number of alkyl halides is 10. The van der Waals surface area contributed by atoms with Crippen molar-refractivity contribution < 1.29 is 53.6 Å². The van der Waals surface area contributed by atoms with Crippen LogP contribution in [0, 0.1) is 10.1 Å². The van der Waals surface area contributed by atoms with Crippen molar-refractivity contribution in [2.45, 2.75) is 24.2 Å². The highest BCUT2D eigenvalue weighted by Gasteiger charge is 2.76. The third-order valence-corrected chi connectivity index (χ3v) is 2.97. The van der Waals surface area contributed by atoms with E-state index in [1.165, 1.54) is 0 Å². The predicted molar refractivity (Wildman–Crippen MR) is 67.1 cm³/mol. The quantitative estimate of drug-likeness (QED) is 0.335. The second kappa shape index (κ2) is 6.41. The number of halogens is 10. The van der Waals surface area contributed by atoms with Crippen LogP contribution in [0.2, 0.25) is 0 Å². The number of nitrogen functional groups attached to an aromatic ring is 1. The minimum absolute atomic E-state index is 0.159. The fraction of sp³-hybridized carbons (Fsp3) is 0.364. The summed E-state index contributed by atoms with van der Waals surface area (Å²) in [6.07, 6.45) is -12.2. The van der Waals surface area contributed by atoms with Gasteiger partial charge in [0.15, 0.2) is 0 Å². The van der Waals surface area contributed by atoms with Crippen molar-refractivity contribution in [3.05, 3.63) is 27.8 Å². The minimum atomic E-state index is -6.90. The molecule has 0 aliphatic carbocycles. The second-order valence-corrected chi connectivity index (χ2v) is 4.81. The Morgan fingerprint density at radius 1 is 1.00 bits per heavy atom. The summed E-state index contributed by atoms with van der Waals surface area (Å²) < 4.78 is 126. The minimum Gasteiger partial charge on any atom is -0.391 e. The number of nitro benzene ring substituents is 1. The molecule has 0 aliphatic rings. The number of hydrogen-bond donors (Lipinski definition) is 2. The van der Waals surface area contributed by atoms with Gasteiger partial charge in [0.05, 0.1) is 16.2 Å². The van der Waals surface area contributed by atoms with Gasteiger partial charge in [0.1, 0.15) is 5.69 Å². The van der Waals surface area contributed by atoms with Crippen LogP contribution in [-0.2, 0) is 11.0 Å². The van der Waals surface area contributed by atoms with Gasteiger partial charge in [-0.05, 0) is 6.07 Å². The van der Waals surface area contributed by atoms with E-state index in [0.717, 1.165) is 0 Å². The van der Waals surface area contributed by atoms with Gasteiger partial charge in [-0.2, -0.15) is 43.9 Å². The number of amides is 1. The summed E-state index contributed by atoms with van der Waals surface area (Å²) in [5, 5.41) is 11.3. The smallest absolute Gasteiger partial charge is 0.391 e. The number of rotatable bonds is 4. The molecule has 0 bridgehead atoms. The lowest BCUT2D eigenvalue weighted by atomic mass is 10.1. The fourth-order valence-electron chi connectivity index (χ4n) is 1.58. The molecule has 3 N–H and O–H groups in total. The van der Waals surface area contributed by atoms with Gasteiger partial charge < -0.3 is 11.1 Å². The van der Waals surface area contributed by atoms with Crippen LogP contribution >= 0.6 is 0 Å². The van der Waals surface area contributed by atoms with Crippen LogP contribution in [0.25, 0.3) is 0 Å². The van der Waals surface area contributed by atoms with E-state index < -0.39 is 57.7 Å². The van der Waals surface area contributed by atoms with E-state index in [4.69, 9.17) is 5.73 Å². The lowest BCUT2D eigenvalue weighted by molar-refractivity contribution is -0.384. The number of nitrogens with two attached hydrogens (primary N) is 1. The van der Waals surface area contributed by atoms with Gasteiger partial charge in [-0.15, -0.1) is 0 Å². The molecule has 1 aromatic rings. The van der Waals surface area contributed by atoms with E-state index in [2.05, 4.69) is 0 Å². The summed E-state index contributed by atoms with van der Waals surface area (Å²) in [5.74, 6) is -16.8. The van der Waals surface area contributed by atoms with Crippen molar-refractivity contribution in [1.29, 1.82) is 0 Å². The molecule has 0 fully saturated rings. The first-order chi connectivity index (χ1) is 11.8. The van der Waals surface area contributed by atoms with E-state index in [1.807, 2.05) is 0 Å². The maximum absolute atomic E-state index is 13.2. The van der Waals surface area contributed by atoms with Crippen LogP contribution in [0.4, 0.5) is 61.0 Å². The Bertz CT molecular complexity index is 772. The van der Waals surface area contributed by atoms with Crippen molar-refractivity contribution in [3.63, 3.8) is 0 Å². The third-order valence-electron chi connectivity index (χ3n) is 2.97. The van der Waals surface area contributed by atoms with Crippen LogP contribution in [0.15, 0.2) is 12.1 Å². The number of carbonyl (C=O) groups is 1. The van der Waals surface area contributed by atoms with Crippen molar-refractivity contribution in [2.75, 3.05) is 11.1 Å². The average Bonchev–Trinajstić information content (AvgIpc) is 2.46. The number of benzene rings is 1. The number of anilines is 2. The van der Waals surface area contributed by atoms with Crippen LogP contribution in [0.5, 0.6) is 0 Å². The maximum atomic E-state index is 13.2. The molecule has 0 heterocycles. The molecule has 0 unspecified atom stereocenters. The molecule has 0 aliphatic heterocycles. The van der Waals surface area contributed by atoms with Crippen LogP contribution < -0.4 is 11.1 Å². The largest absolute Gasteiger partial charge is 0.460 e. The second-order valence-electron chi connectivity index (χ2n) is 4.81. The monoisotopic (exact) mass is 417 g/mol. The Morgan fingerprint density at radius 3 is 1.85 bits per heavy atom. The number of hydrogen-bond acceptors (Lipinski definition) is 4. The van der Waals surface area contributed by atoms with Crippen molar-refractivity contribution in [1.82, 2.24) is 0 Å². The number of nitrogens with zero attached hydrogens (tertiary/aromatic N) is 1. The van der Waals surface area contributed by atoms with E-state index in [-0.39, 0.29) is 12.1 Å². The van der Waals surface area contributed by atoms with Gasteiger partial charge in [0.25, 0.3) is 5.69 Å². The molecule has 27 heavy (non-hydrogen) atoms. The third kappa shape index (κ3) is 3.97. The summed E-state index contributed by atoms with van der Waals surface area (Å²) in [6.45, 7) is 0. The normalized spacial score (nSPS) is 13.4. The maximum Gasteiger partial charge on any atom is 0.460 e. The van der Waals surface area contributed by atoms with E-state index >= 15 is 0 Å².